The van der Waals surface area contributed by atoms with E-state index in [1.807, 2.05) is 67.7 Å². The van der Waals surface area contributed by atoms with Gasteiger partial charge in [0.15, 0.2) is 0 Å². The Labute approximate surface area is 221 Å². The van der Waals surface area contributed by atoms with Crippen molar-refractivity contribution in [2.45, 2.75) is 51.6 Å². The summed E-state index contributed by atoms with van der Waals surface area (Å²) in [7, 11) is 1.31. The van der Waals surface area contributed by atoms with Gasteiger partial charge >= 0.3 is 12.1 Å². The van der Waals surface area contributed by atoms with Crippen LogP contribution in [0, 0.1) is 0 Å². The fourth-order valence-corrected chi connectivity index (χ4v) is 4.41. The third-order valence-corrected chi connectivity index (χ3v) is 6.37. The Morgan fingerprint density at radius 1 is 1.13 bits per heavy atom. The maximum absolute atomic E-state index is 12.5. The van der Waals surface area contributed by atoms with Gasteiger partial charge in [-0.2, -0.15) is 0 Å². The minimum Gasteiger partial charge on any atom is -0.467 e. The molecule has 1 amide bonds. The van der Waals surface area contributed by atoms with E-state index in [-0.39, 0.29) is 6.42 Å². The molecule has 0 aliphatic carbocycles. The zero-order chi connectivity index (χ0) is 26.9. The van der Waals surface area contributed by atoms with E-state index in [4.69, 9.17) is 19.7 Å². The lowest BCUT2D eigenvalue weighted by atomic mass is 10.1. The molecule has 2 aromatic carbocycles. The van der Waals surface area contributed by atoms with Gasteiger partial charge in [-0.1, -0.05) is 48.8 Å². The summed E-state index contributed by atoms with van der Waals surface area (Å²) in [5, 5.41) is 7.87. The van der Waals surface area contributed by atoms with Crippen molar-refractivity contribution in [2.75, 3.05) is 19.5 Å². The number of nitrogens with one attached hydrogen (secondary N) is 1. The third kappa shape index (κ3) is 6.73. The maximum atomic E-state index is 12.5. The average molecular weight is 519 g/mol. The second-order valence-corrected chi connectivity index (χ2v) is 9.19. The first-order valence-corrected chi connectivity index (χ1v) is 12.9. The van der Waals surface area contributed by atoms with Crippen LogP contribution in [-0.4, -0.2) is 41.5 Å². The number of nitrogens with two attached hydrogens (primary N) is 1. The molecule has 2 heterocycles. The van der Waals surface area contributed by atoms with Gasteiger partial charge in [-0.05, 0) is 36.6 Å². The van der Waals surface area contributed by atoms with Crippen molar-refractivity contribution in [3.05, 3.63) is 72.1 Å². The molecular weight excluding hydrogens is 484 g/mol. The summed E-state index contributed by atoms with van der Waals surface area (Å²) in [5.41, 5.74) is 10.2. The van der Waals surface area contributed by atoms with E-state index in [1.165, 1.54) is 7.11 Å². The molecule has 2 aromatic heterocycles. The number of hydrogen-bond donors (Lipinski definition) is 2. The number of nitrogen functional groups attached to an aromatic ring is 1. The molecule has 9 heteroatoms. The van der Waals surface area contributed by atoms with Crippen molar-refractivity contribution in [3.8, 4) is 11.3 Å². The first-order chi connectivity index (χ1) is 18.5. The van der Waals surface area contributed by atoms with Gasteiger partial charge in [0.25, 0.3) is 0 Å². The molecule has 0 bridgehead atoms. The van der Waals surface area contributed by atoms with Crippen molar-refractivity contribution in [2.24, 2.45) is 0 Å². The SMILES string of the molecule is CCCCOC(=O)NC(Cc1cn(CCCc2cc(-c3cccc(N)c3)no2)c2ccccc12)C(=O)OC. The van der Waals surface area contributed by atoms with Gasteiger partial charge in [0.05, 0.1) is 13.7 Å². The summed E-state index contributed by atoms with van der Waals surface area (Å²) in [6, 6.07) is 16.7. The molecule has 0 saturated heterocycles. The van der Waals surface area contributed by atoms with E-state index < -0.39 is 18.1 Å². The number of aryl methyl sites for hydroxylation is 2. The number of para-hydroxylation sites is 1. The summed E-state index contributed by atoms with van der Waals surface area (Å²) >= 11 is 0. The number of esters is 1. The number of alkyl carbamates (subject to hydrolysis) is 1. The van der Waals surface area contributed by atoms with Crippen LogP contribution in [0.5, 0.6) is 0 Å². The van der Waals surface area contributed by atoms with E-state index in [0.29, 0.717) is 18.7 Å². The monoisotopic (exact) mass is 518 g/mol. The minimum absolute atomic E-state index is 0.286. The number of carbonyl (C=O) groups is 2. The van der Waals surface area contributed by atoms with Gasteiger partial charge < -0.3 is 29.6 Å². The molecule has 4 aromatic rings. The number of ether oxygens (including phenoxy) is 2. The number of amides is 1. The lowest BCUT2D eigenvalue weighted by Crippen LogP contribution is -2.43. The average Bonchev–Trinajstić information content (AvgIpc) is 3.53. The second-order valence-electron chi connectivity index (χ2n) is 9.19. The zero-order valence-corrected chi connectivity index (χ0v) is 21.8. The topological polar surface area (TPSA) is 122 Å². The molecule has 0 saturated carbocycles. The molecular formula is C29H34N4O5. The standard InChI is InChI=1S/C29H34N4O5/c1-3-4-15-37-29(35)31-26(28(34)36-2)17-21-19-33(27-13-6-5-12-24(21)27)14-8-11-23-18-25(32-38-23)20-9-7-10-22(30)16-20/h5-7,9-10,12-13,16,18-19,26H,3-4,8,11,14-15,17,30H2,1-2H3,(H,31,35). The molecule has 3 N–H and O–H groups in total. The number of carbonyl (C=O) groups excluding carboxylic acids is 2. The zero-order valence-electron chi connectivity index (χ0n) is 21.8. The van der Waals surface area contributed by atoms with E-state index in [2.05, 4.69) is 15.0 Å². The highest BCUT2D eigenvalue weighted by Gasteiger charge is 2.24. The lowest BCUT2D eigenvalue weighted by Gasteiger charge is -2.16. The highest BCUT2D eigenvalue weighted by atomic mass is 16.6. The van der Waals surface area contributed by atoms with Gasteiger partial charge in [0.2, 0.25) is 0 Å². The lowest BCUT2D eigenvalue weighted by molar-refractivity contribution is -0.142. The Morgan fingerprint density at radius 3 is 2.76 bits per heavy atom. The smallest absolute Gasteiger partial charge is 0.407 e. The number of unbranched alkanes of at least 4 members (excludes halogenated alkanes) is 1. The Kier molecular flexibility index (Phi) is 9.02. The number of nitrogens with zero attached hydrogens (tertiary/aromatic N) is 2. The third-order valence-electron chi connectivity index (χ3n) is 6.37. The first kappa shape index (κ1) is 26.8. The van der Waals surface area contributed by atoms with Crippen LogP contribution < -0.4 is 11.1 Å². The van der Waals surface area contributed by atoms with E-state index >= 15 is 0 Å². The van der Waals surface area contributed by atoms with E-state index in [1.54, 1.807) is 0 Å². The predicted octanol–water partition coefficient (Wildman–Crippen LogP) is 5.12. The number of benzene rings is 2. The fourth-order valence-electron chi connectivity index (χ4n) is 4.41. The Morgan fingerprint density at radius 2 is 1.97 bits per heavy atom. The second kappa shape index (κ2) is 12.8. The van der Waals surface area contributed by atoms with Crippen molar-refractivity contribution >= 4 is 28.7 Å². The van der Waals surface area contributed by atoms with Crippen LogP contribution in [0.4, 0.5) is 10.5 Å². The van der Waals surface area contributed by atoms with Crippen molar-refractivity contribution < 1.29 is 23.6 Å². The van der Waals surface area contributed by atoms with Crippen LogP contribution in [-0.2, 0) is 33.7 Å². The van der Waals surface area contributed by atoms with Gasteiger partial charge in [-0.15, -0.1) is 0 Å². The maximum Gasteiger partial charge on any atom is 0.407 e. The highest BCUT2D eigenvalue weighted by molar-refractivity contribution is 5.86. The quantitative estimate of drug-likeness (QED) is 0.152. The Hall–Kier alpha value is -4.27. The molecule has 38 heavy (non-hydrogen) atoms. The van der Waals surface area contributed by atoms with Crippen LogP contribution in [0.25, 0.3) is 22.2 Å². The van der Waals surface area contributed by atoms with Crippen molar-refractivity contribution in [3.63, 3.8) is 0 Å². The van der Waals surface area contributed by atoms with Crippen molar-refractivity contribution in [1.29, 1.82) is 0 Å². The largest absolute Gasteiger partial charge is 0.467 e. The molecule has 0 radical (unpaired) electrons. The molecule has 9 nitrogen and oxygen atoms in total. The van der Waals surface area contributed by atoms with Gasteiger partial charge in [0, 0.05) is 53.8 Å². The molecule has 1 atom stereocenters. The molecule has 0 spiro atoms. The summed E-state index contributed by atoms with van der Waals surface area (Å²) in [5.74, 6) is 0.284. The van der Waals surface area contributed by atoms with Gasteiger partial charge in [-0.25, -0.2) is 9.59 Å². The highest BCUT2D eigenvalue weighted by Crippen LogP contribution is 2.25. The van der Waals surface area contributed by atoms with Crippen LogP contribution in [0.3, 0.4) is 0 Å². The number of anilines is 1. The predicted molar refractivity (Wildman–Crippen MR) is 146 cm³/mol. The summed E-state index contributed by atoms with van der Waals surface area (Å²) < 4.78 is 17.8. The number of fused-ring (bicyclic) bond motifs is 1. The number of aromatic nitrogens is 2. The van der Waals surface area contributed by atoms with Crippen LogP contribution in [0.15, 0.2) is 65.3 Å². The molecule has 0 aliphatic heterocycles. The van der Waals surface area contributed by atoms with Crippen LogP contribution in [0.1, 0.15) is 37.5 Å². The van der Waals surface area contributed by atoms with Crippen molar-refractivity contribution in [1.82, 2.24) is 15.0 Å². The molecule has 200 valence electrons. The number of rotatable bonds is 12. The summed E-state index contributed by atoms with van der Waals surface area (Å²) in [4.78, 5) is 24.7. The van der Waals surface area contributed by atoms with Crippen LogP contribution in [0.2, 0.25) is 0 Å². The molecule has 4 rings (SSSR count). The summed E-state index contributed by atoms with van der Waals surface area (Å²) in [6.07, 6.45) is 4.91. The van der Waals surface area contributed by atoms with E-state index in [9.17, 15) is 9.59 Å². The molecule has 0 fully saturated rings. The van der Waals surface area contributed by atoms with Gasteiger partial charge in [-0.3, -0.25) is 0 Å². The van der Waals surface area contributed by atoms with Crippen LogP contribution >= 0.6 is 0 Å². The molecule has 0 aliphatic rings. The van der Waals surface area contributed by atoms with Gasteiger partial charge in [0.1, 0.15) is 17.5 Å². The minimum atomic E-state index is -0.854. The van der Waals surface area contributed by atoms with E-state index in [0.717, 1.165) is 59.3 Å². The Balaban J connectivity index is 1.43. The normalized spacial score (nSPS) is 11.8. The Bertz CT molecular complexity index is 1380. The number of methoxy groups -OCH3 is 1. The first-order valence-electron chi connectivity index (χ1n) is 12.9. The number of hydrogen-bond acceptors (Lipinski definition) is 7. The molecule has 1 unspecified atom stereocenters. The summed E-state index contributed by atoms with van der Waals surface area (Å²) in [6.45, 7) is 3.06. The fraction of sp³-hybridized carbons (Fsp3) is 0.345.